The highest BCUT2D eigenvalue weighted by Gasteiger charge is 2.21. The van der Waals surface area contributed by atoms with Gasteiger partial charge in [-0.25, -0.2) is 14.8 Å². The van der Waals surface area contributed by atoms with Crippen molar-refractivity contribution in [3.63, 3.8) is 0 Å². The molecule has 1 N–H and O–H groups in total. The van der Waals surface area contributed by atoms with E-state index >= 15 is 0 Å². The lowest BCUT2D eigenvalue weighted by atomic mass is 10.1. The van der Waals surface area contributed by atoms with Crippen LogP contribution in [0.5, 0.6) is 0 Å². The second-order valence-electron chi connectivity index (χ2n) is 4.36. The minimum atomic E-state index is -0.609. The summed E-state index contributed by atoms with van der Waals surface area (Å²) >= 11 is 3.35. The van der Waals surface area contributed by atoms with E-state index in [2.05, 4.69) is 31.2 Å². The molecule has 1 atom stereocenters. The molecule has 2 aromatic rings. The third-order valence-electron chi connectivity index (χ3n) is 2.92. The Morgan fingerprint density at radius 2 is 2.05 bits per heavy atom. The average molecular weight is 350 g/mol. The number of hydrogen-bond donors (Lipinski definition) is 1. The molecular weight excluding hydrogens is 334 g/mol. The van der Waals surface area contributed by atoms with Crippen LogP contribution in [0.3, 0.4) is 0 Å². The number of carbonyl (C=O) groups is 1. The van der Waals surface area contributed by atoms with Gasteiger partial charge < -0.3 is 10.1 Å². The zero-order chi connectivity index (χ0) is 15.2. The highest BCUT2D eigenvalue weighted by atomic mass is 79.9. The summed E-state index contributed by atoms with van der Waals surface area (Å²) in [5.74, 6) is 0.908. The molecule has 5 nitrogen and oxygen atoms in total. The Kier molecular flexibility index (Phi) is 5.27. The molecule has 0 radical (unpaired) electrons. The van der Waals surface area contributed by atoms with E-state index in [0.717, 1.165) is 5.56 Å². The van der Waals surface area contributed by atoms with Crippen LogP contribution in [0.2, 0.25) is 0 Å². The molecule has 2 rings (SSSR count). The molecule has 0 aliphatic heterocycles. The molecule has 1 heterocycles. The van der Waals surface area contributed by atoms with E-state index in [1.165, 1.54) is 7.11 Å². The summed E-state index contributed by atoms with van der Waals surface area (Å²) in [7, 11) is 1.37. The van der Waals surface area contributed by atoms with Gasteiger partial charge in [0.15, 0.2) is 6.04 Å². The predicted octanol–water partition coefficient (Wildman–Crippen LogP) is 3.13. The number of anilines is 1. The number of halogens is 1. The Morgan fingerprint density at radius 1 is 1.33 bits per heavy atom. The summed E-state index contributed by atoms with van der Waals surface area (Å²) in [6.45, 7) is 1.97. The van der Waals surface area contributed by atoms with E-state index in [0.29, 0.717) is 22.7 Å². The Labute approximate surface area is 131 Å². The molecule has 21 heavy (non-hydrogen) atoms. The summed E-state index contributed by atoms with van der Waals surface area (Å²) in [4.78, 5) is 20.6. The maximum absolute atomic E-state index is 12.0. The molecule has 0 aliphatic carbocycles. The van der Waals surface area contributed by atoms with Gasteiger partial charge in [0.05, 0.1) is 7.11 Å². The van der Waals surface area contributed by atoms with Gasteiger partial charge in [-0.15, -0.1) is 0 Å². The number of aromatic nitrogens is 2. The summed E-state index contributed by atoms with van der Waals surface area (Å²) in [6, 6.07) is 10.5. The normalized spacial score (nSPS) is 11.8. The van der Waals surface area contributed by atoms with E-state index in [9.17, 15) is 4.79 Å². The smallest absolute Gasteiger partial charge is 0.333 e. The fourth-order valence-electron chi connectivity index (χ4n) is 1.89. The van der Waals surface area contributed by atoms with Gasteiger partial charge in [-0.05, 0) is 21.5 Å². The topological polar surface area (TPSA) is 64.1 Å². The molecule has 0 spiro atoms. The first kappa shape index (κ1) is 15.4. The molecule has 0 fully saturated rings. The summed E-state index contributed by atoms with van der Waals surface area (Å²) in [5.41, 5.74) is 0.817. The SMILES string of the molecule is CCc1nc(Br)cc(NC(C(=O)OC)c2ccccc2)n1. The molecule has 0 amide bonds. The van der Waals surface area contributed by atoms with Crippen LogP contribution in [0.1, 0.15) is 24.4 Å². The molecule has 110 valence electrons. The van der Waals surface area contributed by atoms with Crippen molar-refractivity contribution >= 4 is 27.7 Å². The third kappa shape index (κ3) is 4.01. The Balaban J connectivity index is 2.31. The maximum Gasteiger partial charge on any atom is 0.333 e. The molecule has 0 saturated carbocycles. The molecule has 0 saturated heterocycles. The highest BCUT2D eigenvalue weighted by molar-refractivity contribution is 9.10. The minimum absolute atomic E-state index is 0.367. The lowest BCUT2D eigenvalue weighted by Gasteiger charge is -2.17. The van der Waals surface area contributed by atoms with Crippen molar-refractivity contribution in [3.05, 3.63) is 52.4 Å². The van der Waals surface area contributed by atoms with Crippen LogP contribution in [0.4, 0.5) is 5.82 Å². The molecule has 0 bridgehead atoms. The molecule has 6 heteroatoms. The number of hydrogen-bond acceptors (Lipinski definition) is 5. The van der Waals surface area contributed by atoms with E-state index < -0.39 is 6.04 Å². The molecule has 1 aromatic carbocycles. The van der Waals surface area contributed by atoms with Crippen molar-refractivity contribution in [2.45, 2.75) is 19.4 Å². The summed E-state index contributed by atoms with van der Waals surface area (Å²) in [6.07, 6.45) is 0.711. The van der Waals surface area contributed by atoms with Crippen molar-refractivity contribution in [2.24, 2.45) is 0 Å². The minimum Gasteiger partial charge on any atom is -0.467 e. The number of aryl methyl sites for hydroxylation is 1. The van der Waals surface area contributed by atoms with Gasteiger partial charge in [0.25, 0.3) is 0 Å². The first-order valence-corrected chi connectivity index (χ1v) is 7.36. The standard InChI is InChI=1S/C15H16BrN3O2/c1-3-12-17-11(16)9-13(18-12)19-14(15(20)21-2)10-7-5-4-6-8-10/h4-9,14H,3H2,1-2H3,(H,17,18,19). The zero-order valence-corrected chi connectivity index (χ0v) is 13.4. The van der Waals surface area contributed by atoms with Crippen LogP contribution in [0.25, 0.3) is 0 Å². The molecule has 1 unspecified atom stereocenters. The third-order valence-corrected chi connectivity index (χ3v) is 3.33. The number of benzene rings is 1. The van der Waals surface area contributed by atoms with E-state index in [4.69, 9.17) is 4.74 Å². The van der Waals surface area contributed by atoms with Gasteiger partial charge in [-0.1, -0.05) is 37.3 Å². The average Bonchev–Trinajstić information content (AvgIpc) is 2.52. The number of nitrogens with zero attached hydrogens (tertiary/aromatic N) is 2. The number of esters is 1. The number of methoxy groups -OCH3 is 1. The fraction of sp³-hybridized carbons (Fsp3) is 0.267. The quantitative estimate of drug-likeness (QED) is 0.663. The first-order valence-electron chi connectivity index (χ1n) is 6.56. The van der Waals surface area contributed by atoms with Gasteiger partial charge in [-0.3, -0.25) is 0 Å². The Bertz CT molecular complexity index is 620. The van der Waals surface area contributed by atoms with Gasteiger partial charge in [-0.2, -0.15) is 0 Å². The van der Waals surface area contributed by atoms with Crippen LogP contribution in [-0.4, -0.2) is 23.0 Å². The Hall–Kier alpha value is -1.95. The van der Waals surface area contributed by atoms with Crippen LogP contribution >= 0.6 is 15.9 Å². The summed E-state index contributed by atoms with van der Waals surface area (Å²) < 4.78 is 5.54. The molecular formula is C15H16BrN3O2. The second-order valence-corrected chi connectivity index (χ2v) is 5.17. The zero-order valence-electron chi connectivity index (χ0n) is 11.8. The van der Waals surface area contributed by atoms with Gasteiger partial charge in [0.2, 0.25) is 0 Å². The number of nitrogens with one attached hydrogen (secondary N) is 1. The van der Waals surface area contributed by atoms with Gasteiger partial charge in [0, 0.05) is 12.5 Å². The van der Waals surface area contributed by atoms with Crippen molar-refractivity contribution in [3.8, 4) is 0 Å². The van der Waals surface area contributed by atoms with Crippen molar-refractivity contribution in [1.29, 1.82) is 0 Å². The van der Waals surface area contributed by atoms with Crippen LogP contribution in [0.15, 0.2) is 41.0 Å². The number of rotatable bonds is 5. The van der Waals surface area contributed by atoms with Gasteiger partial charge >= 0.3 is 5.97 Å². The van der Waals surface area contributed by atoms with E-state index in [-0.39, 0.29) is 5.97 Å². The molecule has 1 aromatic heterocycles. The lowest BCUT2D eigenvalue weighted by molar-refractivity contribution is -0.141. The number of ether oxygens (including phenoxy) is 1. The van der Waals surface area contributed by atoms with E-state index in [1.807, 2.05) is 37.3 Å². The first-order chi connectivity index (χ1) is 10.1. The summed E-state index contributed by atoms with van der Waals surface area (Å²) in [5, 5.41) is 3.11. The maximum atomic E-state index is 12.0. The van der Waals surface area contributed by atoms with Crippen molar-refractivity contribution < 1.29 is 9.53 Å². The van der Waals surface area contributed by atoms with Crippen LogP contribution < -0.4 is 5.32 Å². The van der Waals surface area contributed by atoms with Crippen molar-refractivity contribution in [2.75, 3.05) is 12.4 Å². The molecule has 0 aliphatic rings. The highest BCUT2D eigenvalue weighted by Crippen LogP contribution is 2.21. The second kappa shape index (κ2) is 7.17. The lowest BCUT2D eigenvalue weighted by Crippen LogP contribution is -2.23. The Morgan fingerprint density at radius 3 is 2.67 bits per heavy atom. The van der Waals surface area contributed by atoms with Gasteiger partial charge in [0.1, 0.15) is 16.2 Å². The predicted molar refractivity (Wildman–Crippen MR) is 83.9 cm³/mol. The van der Waals surface area contributed by atoms with Crippen LogP contribution in [-0.2, 0) is 16.0 Å². The number of carbonyl (C=O) groups excluding carboxylic acids is 1. The van der Waals surface area contributed by atoms with Crippen LogP contribution in [0, 0.1) is 0 Å². The van der Waals surface area contributed by atoms with Crippen molar-refractivity contribution in [1.82, 2.24) is 9.97 Å². The largest absolute Gasteiger partial charge is 0.467 e. The monoisotopic (exact) mass is 349 g/mol. The fourth-order valence-corrected chi connectivity index (χ4v) is 2.31. The van der Waals surface area contributed by atoms with E-state index in [1.54, 1.807) is 6.07 Å².